The Balaban J connectivity index is 0.00000280. The van der Waals surface area contributed by atoms with Crippen molar-refractivity contribution in [3.63, 3.8) is 0 Å². The van der Waals surface area contributed by atoms with Crippen LogP contribution in [0.25, 0.3) is 0 Å². The van der Waals surface area contributed by atoms with Gasteiger partial charge >= 0.3 is 0 Å². The predicted octanol–water partition coefficient (Wildman–Crippen LogP) is 2.21. The van der Waals surface area contributed by atoms with Crippen LogP contribution in [-0.2, 0) is 7.05 Å². The Bertz CT molecular complexity index is 609. The van der Waals surface area contributed by atoms with Gasteiger partial charge in [-0.1, -0.05) is 12.8 Å². The smallest absolute Gasteiger partial charge is 0.191 e. The number of guanidine groups is 1. The Morgan fingerprint density at radius 2 is 2.07 bits per heavy atom. The molecule has 2 N–H and O–H groups in total. The number of aromatic nitrogens is 2. The second-order valence-corrected chi connectivity index (χ2v) is 8.21. The fourth-order valence-electron chi connectivity index (χ4n) is 4.38. The number of nitrogens with one attached hydrogen (secondary N) is 2. The molecule has 1 aromatic heterocycles. The van der Waals surface area contributed by atoms with Gasteiger partial charge < -0.3 is 15.5 Å². The van der Waals surface area contributed by atoms with Crippen molar-refractivity contribution in [3.05, 3.63) is 18.0 Å². The zero-order valence-electron chi connectivity index (χ0n) is 17.9. The molecule has 8 heteroatoms. The summed E-state index contributed by atoms with van der Waals surface area (Å²) in [7, 11) is 6.16. The molecule has 3 rings (SSSR count). The monoisotopic (exact) mass is 503 g/mol. The molecule has 1 saturated carbocycles. The van der Waals surface area contributed by atoms with Crippen molar-refractivity contribution in [3.8, 4) is 0 Å². The summed E-state index contributed by atoms with van der Waals surface area (Å²) >= 11 is 0. The molecule has 1 aliphatic carbocycles. The van der Waals surface area contributed by atoms with Crippen LogP contribution in [0, 0.1) is 0 Å². The molecule has 28 heavy (non-hydrogen) atoms. The molecule has 0 aromatic carbocycles. The molecule has 2 atom stereocenters. The Hall–Kier alpha value is -0.870. The Morgan fingerprint density at radius 3 is 2.68 bits per heavy atom. The number of likely N-dealkylation sites (N-methyl/N-ethyl adjacent to an activating group) is 1. The summed E-state index contributed by atoms with van der Waals surface area (Å²) in [5.74, 6) is 0.937. The molecule has 0 radical (unpaired) electrons. The number of hydrogen-bond donors (Lipinski definition) is 2. The van der Waals surface area contributed by atoms with Gasteiger partial charge in [0.25, 0.3) is 0 Å². The van der Waals surface area contributed by atoms with Crippen LogP contribution >= 0.6 is 24.0 Å². The summed E-state index contributed by atoms with van der Waals surface area (Å²) in [5, 5.41) is 11.4. The van der Waals surface area contributed by atoms with Gasteiger partial charge in [-0.25, -0.2) is 0 Å². The van der Waals surface area contributed by atoms with Crippen molar-refractivity contribution in [1.29, 1.82) is 0 Å². The molecule has 1 saturated heterocycles. The molecular weight excluding hydrogens is 465 g/mol. The van der Waals surface area contributed by atoms with Gasteiger partial charge in [0.2, 0.25) is 0 Å². The second-order valence-electron chi connectivity index (χ2n) is 8.21. The highest BCUT2D eigenvalue weighted by molar-refractivity contribution is 14.0. The van der Waals surface area contributed by atoms with Crippen molar-refractivity contribution < 1.29 is 0 Å². The number of aryl methyl sites for hydroxylation is 1. The van der Waals surface area contributed by atoms with Gasteiger partial charge in [0.05, 0.1) is 18.8 Å². The highest BCUT2D eigenvalue weighted by Gasteiger charge is 2.30. The molecule has 7 nitrogen and oxygen atoms in total. The average Bonchev–Trinajstić information content (AvgIpc) is 3.36. The number of nitrogens with zero attached hydrogens (tertiary/aromatic N) is 5. The highest BCUT2D eigenvalue weighted by atomic mass is 127. The third-order valence-electron chi connectivity index (χ3n) is 5.90. The zero-order chi connectivity index (χ0) is 19.2. The first-order valence-electron chi connectivity index (χ1n) is 10.5. The predicted molar refractivity (Wildman–Crippen MR) is 126 cm³/mol. The van der Waals surface area contributed by atoms with Crippen molar-refractivity contribution in [2.75, 3.05) is 40.3 Å². The summed E-state index contributed by atoms with van der Waals surface area (Å²) in [5.41, 5.74) is 1.20. The van der Waals surface area contributed by atoms with E-state index in [2.05, 4.69) is 52.7 Å². The number of halogens is 1. The fraction of sp³-hybridized carbons (Fsp3) is 0.800. The maximum atomic E-state index is 4.90. The van der Waals surface area contributed by atoms with Crippen LogP contribution in [0.15, 0.2) is 17.4 Å². The van der Waals surface area contributed by atoms with Crippen molar-refractivity contribution >= 4 is 29.9 Å². The molecule has 2 heterocycles. The summed E-state index contributed by atoms with van der Waals surface area (Å²) in [4.78, 5) is 9.80. The largest absolute Gasteiger partial charge is 0.357 e. The normalized spacial score (nSPS) is 22.5. The van der Waals surface area contributed by atoms with Gasteiger partial charge in [-0.05, 0) is 40.3 Å². The Kier molecular flexibility index (Phi) is 9.49. The average molecular weight is 503 g/mol. The van der Waals surface area contributed by atoms with Crippen molar-refractivity contribution in [2.45, 2.75) is 57.2 Å². The van der Waals surface area contributed by atoms with Crippen LogP contribution in [0.3, 0.4) is 0 Å². The van der Waals surface area contributed by atoms with E-state index in [-0.39, 0.29) is 30.0 Å². The van der Waals surface area contributed by atoms with Gasteiger partial charge in [-0.15, -0.1) is 24.0 Å². The van der Waals surface area contributed by atoms with E-state index in [1.807, 2.05) is 17.9 Å². The van der Waals surface area contributed by atoms with Gasteiger partial charge in [-0.2, -0.15) is 5.10 Å². The van der Waals surface area contributed by atoms with Gasteiger partial charge in [0.1, 0.15) is 0 Å². The van der Waals surface area contributed by atoms with Crippen LogP contribution in [0.4, 0.5) is 0 Å². The summed E-state index contributed by atoms with van der Waals surface area (Å²) in [6, 6.07) is 1.55. The van der Waals surface area contributed by atoms with Crippen LogP contribution < -0.4 is 10.6 Å². The fourth-order valence-corrected chi connectivity index (χ4v) is 4.38. The lowest BCUT2D eigenvalue weighted by molar-refractivity contribution is 0.242. The molecule has 160 valence electrons. The maximum Gasteiger partial charge on any atom is 0.191 e. The highest BCUT2D eigenvalue weighted by Crippen LogP contribution is 2.26. The topological polar surface area (TPSA) is 60.7 Å². The summed E-state index contributed by atoms with van der Waals surface area (Å²) in [6.07, 6.45) is 10.8. The van der Waals surface area contributed by atoms with E-state index in [1.165, 1.54) is 44.2 Å². The molecule has 1 aromatic rings. The first-order chi connectivity index (χ1) is 13.1. The van der Waals surface area contributed by atoms with E-state index in [0.29, 0.717) is 12.6 Å². The number of hydrogen-bond acceptors (Lipinski definition) is 4. The summed E-state index contributed by atoms with van der Waals surface area (Å²) in [6.45, 7) is 6.09. The SMILES string of the molecule is CCNC(=NCC(c1cnn(C)c1)N(C)C)NC1CCN(C2CCCC2)C1.I. The summed E-state index contributed by atoms with van der Waals surface area (Å²) < 4.78 is 1.86. The zero-order valence-corrected chi connectivity index (χ0v) is 20.2. The van der Waals surface area contributed by atoms with E-state index in [4.69, 9.17) is 4.99 Å². The van der Waals surface area contributed by atoms with Gasteiger partial charge in [0.15, 0.2) is 5.96 Å². The standard InChI is InChI=1S/C20H37N7.HI/c1-5-21-20(22-13-19(25(2)3)16-12-23-26(4)14-16)24-17-10-11-27(15-17)18-8-6-7-9-18;/h12,14,17-19H,5-11,13,15H2,1-4H3,(H2,21,22,24);1H. The van der Waals surface area contributed by atoms with E-state index in [9.17, 15) is 0 Å². The van der Waals surface area contributed by atoms with Crippen molar-refractivity contribution in [2.24, 2.45) is 12.0 Å². The molecule has 2 aliphatic rings. The van der Waals surface area contributed by atoms with E-state index in [1.54, 1.807) is 0 Å². The second kappa shape index (κ2) is 11.3. The first-order valence-corrected chi connectivity index (χ1v) is 10.5. The van der Waals surface area contributed by atoms with E-state index >= 15 is 0 Å². The Labute approximate surface area is 187 Å². The van der Waals surface area contributed by atoms with Crippen LogP contribution in [0.2, 0.25) is 0 Å². The van der Waals surface area contributed by atoms with E-state index in [0.717, 1.165) is 25.1 Å². The number of aliphatic imine (C=N–C) groups is 1. The van der Waals surface area contributed by atoms with E-state index < -0.39 is 0 Å². The molecule has 0 bridgehead atoms. The van der Waals surface area contributed by atoms with Crippen LogP contribution in [0.1, 0.15) is 50.6 Å². The first kappa shape index (κ1) is 23.4. The minimum atomic E-state index is 0. The quantitative estimate of drug-likeness (QED) is 0.340. The lowest BCUT2D eigenvalue weighted by Gasteiger charge is -2.25. The third-order valence-corrected chi connectivity index (χ3v) is 5.90. The lowest BCUT2D eigenvalue weighted by atomic mass is 10.1. The lowest BCUT2D eigenvalue weighted by Crippen LogP contribution is -2.45. The minimum Gasteiger partial charge on any atom is -0.357 e. The Morgan fingerprint density at radius 1 is 1.32 bits per heavy atom. The number of rotatable bonds is 7. The van der Waals surface area contributed by atoms with Crippen LogP contribution in [0.5, 0.6) is 0 Å². The number of likely N-dealkylation sites (tertiary alicyclic amines) is 1. The molecule has 2 fully saturated rings. The maximum absolute atomic E-state index is 4.90. The van der Waals surface area contributed by atoms with Crippen molar-refractivity contribution in [1.82, 2.24) is 30.2 Å². The molecule has 0 spiro atoms. The molecule has 2 unspecified atom stereocenters. The van der Waals surface area contributed by atoms with Crippen LogP contribution in [-0.4, -0.2) is 77.9 Å². The van der Waals surface area contributed by atoms with Gasteiger partial charge in [-0.3, -0.25) is 14.6 Å². The molecule has 1 aliphatic heterocycles. The molecule has 0 amide bonds. The third kappa shape index (κ3) is 6.32. The van der Waals surface area contributed by atoms with Gasteiger partial charge in [0, 0.05) is 50.5 Å². The molecular formula is C20H38IN7. The minimum absolute atomic E-state index is 0.